The van der Waals surface area contributed by atoms with Crippen molar-refractivity contribution in [3.8, 4) is 0 Å². The van der Waals surface area contributed by atoms with Gasteiger partial charge in [0, 0.05) is 0 Å². The first-order chi connectivity index (χ1) is 5.43. The van der Waals surface area contributed by atoms with Crippen molar-refractivity contribution in [1.29, 1.82) is 0 Å². The SMILES string of the molecule is CCCCSCC1CCCC1. The summed E-state index contributed by atoms with van der Waals surface area (Å²) in [7, 11) is 0. The molecule has 0 aromatic carbocycles. The Balaban J connectivity index is 1.86. The minimum atomic E-state index is 1.08. The molecule has 0 aliphatic heterocycles. The first-order valence-corrected chi connectivity index (χ1v) is 6.16. The monoisotopic (exact) mass is 172 g/mol. The summed E-state index contributed by atoms with van der Waals surface area (Å²) in [5.41, 5.74) is 0. The Hall–Kier alpha value is 0.350. The van der Waals surface area contributed by atoms with Gasteiger partial charge in [-0.1, -0.05) is 26.2 Å². The summed E-state index contributed by atoms with van der Waals surface area (Å²) in [6, 6.07) is 0. The van der Waals surface area contributed by atoms with E-state index >= 15 is 0 Å². The second kappa shape index (κ2) is 5.93. The molecule has 1 aliphatic carbocycles. The topological polar surface area (TPSA) is 0 Å². The van der Waals surface area contributed by atoms with Gasteiger partial charge in [0.15, 0.2) is 0 Å². The average molecular weight is 172 g/mol. The molecule has 0 unspecified atom stereocenters. The third-order valence-electron chi connectivity index (χ3n) is 2.47. The second-order valence-corrected chi connectivity index (χ2v) is 4.73. The lowest BCUT2D eigenvalue weighted by Crippen LogP contribution is -1.97. The molecule has 1 aliphatic rings. The Labute approximate surface area is 75.1 Å². The van der Waals surface area contributed by atoms with Crippen LogP contribution in [0.25, 0.3) is 0 Å². The van der Waals surface area contributed by atoms with Gasteiger partial charge in [-0.2, -0.15) is 11.8 Å². The molecule has 0 saturated heterocycles. The zero-order valence-corrected chi connectivity index (χ0v) is 8.46. The largest absolute Gasteiger partial charge is 0.162 e. The van der Waals surface area contributed by atoms with Crippen LogP contribution in [-0.4, -0.2) is 11.5 Å². The van der Waals surface area contributed by atoms with E-state index in [0.717, 1.165) is 5.92 Å². The Kier molecular flexibility index (Phi) is 5.09. The molecule has 0 atom stereocenters. The number of hydrogen-bond acceptors (Lipinski definition) is 1. The lowest BCUT2D eigenvalue weighted by molar-refractivity contribution is 0.623. The van der Waals surface area contributed by atoms with Crippen LogP contribution in [0, 0.1) is 5.92 Å². The van der Waals surface area contributed by atoms with Crippen molar-refractivity contribution in [2.24, 2.45) is 5.92 Å². The quantitative estimate of drug-likeness (QED) is 0.570. The normalized spacial score (nSPS) is 19.4. The van der Waals surface area contributed by atoms with E-state index in [1.165, 1.54) is 50.0 Å². The van der Waals surface area contributed by atoms with E-state index in [0.29, 0.717) is 0 Å². The van der Waals surface area contributed by atoms with Gasteiger partial charge < -0.3 is 0 Å². The highest BCUT2D eigenvalue weighted by molar-refractivity contribution is 7.99. The summed E-state index contributed by atoms with van der Waals surface area (Å²) in [6.45, 7) is 2.27. The van der Waals surface area contributed by atoms with E-state index in [-0.39, 0.29) is 0 Å². The predicted octanol–water partition coefficient (Wildman–Crippen LogP) is 3.71. The van der Waals surface area contributed by atoms with Gasteiger partial charge in [0.2, 0.25) is 0 Å². The lowest BCUT2D eigenvalue weighted by atomic mass is 10.1. The van der Waals surface area contributed by atoms with Gasteiger partial charge in [-0.05, 0) is 36.7 Å². The number of thioether (sulfide) groups is 1. The van der Waals surface area contributed by atoms with Crippen molar-refractivity contribution in [3.63, 3.8) is 0 Å². The maximum Gasteiger partial charge on any atom is -0.00391 e. The Bertz CT molecular complexity index is 84.9. The molecule has 11 heavy (non-hydrogen) atoms. The zero-order chi connectivity index (χ0) is 7.94. The molecular weight excluding hydrogens is 152 g/mol. The van der Waals surface area contributed by atoms with Crippen molar-refractivity contribution in [1.82, 2.24) is 0 Å². The molecule has 1 heteroatoms. The summed E-state index contributed by atoms with van der Waals surface area (Å²) >= 11 is 2.18. The van der Waals surface area contributed by atoms with Crippen molar-refractivity contribution in [2.45, 2.75) is 45.4 Å². The highest BCUT2D eigenvalue weighted by Gasteiger charge is 2.13. The zero-order valence-electron chi connectivity index (χ0n) is 7.64. The molecule has 0 aromatic rings. The van der Waals surface area contributed by atoms with E-state index in [2.05, 4.69) is 18.7 Å². The van der Waals surface area contributed by atoms with Crippen LogP contribution in [0.2, 0.25) is 0 Å². The van der Waals surface area contributed by atoms with Gasteiger partial charge in [-0.15, -0.1) is 0 Å². The van der Waals surface area contributed by atoms with E-state index < -0.39 is 0 Å². The van der Waals surface area contributed by atoms with E-state index in [4.69, 9.17) is 0 Å². The number of hydrogen-bond donors (Lipinski definition) is 0. The van der Waals surface area contributed by atoms with Gasteiger partial charge in [0.05, 0.1) is 0 Å². The minimum Gasteiger partial charge on any atom is -0.162 e. The van der Waals surface area contributed by atoms with Gasteiger partial charge in [0.1, 0.15) is 0 Å². The number of rotatable bonds is 5. The van der Waals surface area contributed by atoms with Crippen molar-refractivity contribution < 1.29 is 0 Å². The van der Waals surface area contributed by atoms with Crippen LogP contribution in [0.3, 0.4) is 0 Å². The summed E-state index contributed by atoms with van der Waals surface area (Å²) in [5, 5.41) is 0. The molecule has 66 valence electrons. The fraction of sp³-hybridized carbons (Fsp3) is 1.00. The predicted molar refractivity (Wildman–Crippen MR) is 54.2 cm³/mol. The van der Waals surface area contributed by atoms with Crippen LogP contribution in [0.1, 0.15) is 45.4 Å². The van der Waals surface area contributed by atoms with Crippen LogP contribution in [0.4, 0.5) is 0 Å². The van der Waals surface area contributed by atoms with Gasteiger partial charge in [-0.3, -0.25) is 0 Å². The molecule has 0 nitrogen and oxygen atoms in total. The molecule has 0 bridgehead atoms. The first kappa shape index (κ1) is 9.44. The van der Waals surface area contributed by atoms with Crippen molar-refractivity contribution in [3.05, 3.63) is 0 Å². The fourth-order valence-electron chi connectivity index (χ4n) is 1.67. The summed E-state index contributed by atoms with van der Waals surface area (Å²) in [5.74, 6) is 3.92. The van der Waals surface area contributed by atoms with Gasteiger partial charge in [0.25, 0.3) is 0 Å². The molecule has 0 radical (unpaired) electrons. The van der Waals surface area contributed by atoms with Crippen LogP contribution in [-0.2, 0) is 0 Å². The van der Waals surface area contributed by atoms with E-state index in [9.17, 15) is 0 Å². The van der Waals surface area contributed by atoms with Crippen LogP contribution in [0.5, 0.6) is 0 Å². The Morgan fingerprint density at radius 3 is 2.64 bits per heavy atom. The third-order valence-corrected chi connectivity index (χ3v) is 3.75. The van der Waals surface area contributed by atoms with Crippen LogP contribution >= 0.6 is 11.8 Å². The van der Waals surface area contributed by atoms with Gasteiger partial charge in [-0.25, -0.2) is 0 Å². The molecule has 0 amide bonds. The summed E-state index contributed by atoms with van der Waals surface area (Å²) < 4.78 is 0. The molecule has 0 spiro atoms. The highest BCUT2D eigenvalue weighted by Crippen LogP contribution is 2.27. The first-order valence-electron chi connectivity index (χ1n) is 5.01. The molecule has 0 N–H and O–H groups in total. The minimum absolute atomic E-state index is 1.08. The van der Waals surface area contributed by atoms with Crippen molar-refractivity contribution >= 4 is 11.8 Å². The average Bonchev–Trinajstić information content (AvgIpc) is 2.50. The maximum absolute atomic E-state index is 2.27. The smallest absolute Gasteiger partial charge is 0.00391 e. The number of unbranched alkanes of at least 4 members (excludes halogenated alkanes) is 1. The molecule has 1 fully saturated rings. The third kappa shape index (κ3) is 4.05. The molecule has 0 heterocycles. The second-order valence-electron chi connectivity index (χ2n) is 3.58. The maximum atomic E-state index is 2.27. The Morgan fingerprint density at radius 2 is 2.00 bits per heavy atom. The molecule has 0 aromatic heterocycles. The molecular formula is C10H20S. The van der Waals surface area contributed by atoms with E-state index in [1.54, 1.807) is 0 Å². The highest BCUT2D eigenvalue weighted by atomic mass is 32.2. The van der Waals surface area contributed by atoms with E-state index in [1.807, 2.05) is 0 Å². The van der Waals surface area contributed by atoms with Crippen LogP contribution in [0.15, 0.2) is 0 Å². The molecule has 1 saturated carbocycles. The molecule has 1 rings (SSSR count). The van der Waals surface area contributed by atoms with Crippen LogP contribution < -0.4 is 0 Å². The standard InChI is InChI=1S/C10H20S/c1-2-3-8-11-9-10-6-4-5-7-10/h10H,2-9H2,1H3. The fourth-order valence-corrected chi connectivity index (χ4v) is 3.00. The van der Waals surface area contributed by atoms with Crippen molar-refractivity contribution in [2.75, 3.05) is 11.5 Å². The summed E-state index contributed by atoms with van der Waals surface area (Å²) in [6.07, 6.45) is 8.80. The Morgan fingerprint density at radius 1 is 1.27 bits per heavy atom. The lowest BCUT2D eigenvalue weighted by Gasteiger charge is -2.06. The summed E-state index contributed by atoms with van der Waals surface area (Å²) in [4.78, 5) is 0. The van der Waals surface area contributed by atoms with Gasteiger partial charge >= 0.3 is 0 Å².